The molecule has 0 radical (unpaired) electrons. The maximum atomic E-state index is 5.38. The van der Waals surface area contributed by atoms with E-state index in [1.165, 1.54) is 22.3 Å². The molecule has 0 unspecified atom stereocenters. The molecule has 5 rings (SSSR count). The quantitative estimate of drug-likeness (QED) is 0.197. The summed E-state index contributed by atoms with van der Waals surface area (Å²) in [6, 6.07) is 42.3. The van der Waals surface area contributed by atoms with Crippen molar-refractivity contribution in [1.82, 2.24) is 0 Å². The summed E-state index contributed by atoms with van der Waals surface area (Å²) in [4.78, 5) is 2.26. The molecule has 0 saturated heterocycles. The number of rotatable bonds is 6. The smallest absolute Gasteiger partial charge is 0.119 e. The molecule has 5 aromatic rings. The average molecular weight is 585 g/mol. The summed E-state index contributed by atoms with van der Waals surface area (Å²) >= 11 is 7.03. The van der Waals surface area contributed by atoms with Gasteiger partial charge in [0.2, 0.25) is 0 Å². The van der Waals surface area contributed by atoms with Crippen LogP contribution in [0.15, 0.2) is 130 Å². The molecule has 0 amide bonds. The number of hydrogen-bond donors (Lipinski definition) is 0. The zero-order chi connectivity index (χ0) is 24.2. The highest BCUT2D eigenvalue weighted by molar-refractivity contribution is 9.10. The minimum absolute atomic E-state index is 0.838. The predicted molar refractivity (Wildman–Crippen MR) is 154 cm³/mol. The van der Waals surface area contributed by atoms with Gasteiger partial charge in [0.25, 0.3) is 0 Å². The van der Waals surface area contributed by atoms with Crippen LogP contribution in [0.3, 0.4) is 0 Å². The van der Waals surface area contributed by atoms with Crippen LogP contribution in [0.5, 0.6) is 5.75 Å². The van der Waals surface area contributed by atoms with E-state index in [1.54, 1.807) is 7.11 Å². The van der Waals surface area contributed by atoms with Gasteiger partial charge in [0.1, 0.15) is 5.75 Å². The topological polar surface area (TPSA) is 12.5 Å². The number of methoxy groups -OCH3 is 1. The molecule has 0 heterocycles. The van der Waals surface area contributed by atoms with Crippen LogP contribution in [0.25, 0.3) is 22.3 Å². The maximum Gasteiger partial charge on any atom is 0.119 e. The molecule has 0 bridgehead atoms. The summed E-state index contributed by atoms with van der Waals surface area (Å²) in [5.74, 6) is 0.838. The van der Waals surface area contributed by atoms with Crippen molar-refractivity contribution in [1.29, 1.82) is 0 Å². The normalized spacial score (nSPS) is 10.7. The highest BCUT2D eigenvalue weighted by Gasteiger charge is 2.13. The number of hydrogen-bond acceptors (Lipinski definition) is 2. The molecule has 0 aliphatic heterocycles. The summed E-state index contributed by atoms with van der Waals surface area (Å²) < 4.78 is 7.54. The van der Waals surface area contributed by atoms with Gasteiger partial charge in [-0.05, 0) is 95.1 Å². The first-order valence-corrected chi connectivity index (χ1v) is 12.9. The fourth-order valence-electron chi connectivity index (χ4n) is 4.07. The number of halogens is 2. The Balaban J connectivity index is 1.52. The second-order valence-electron chi connectivity index (χ2n) is 8.14. The van der Waals surface area contributed by atoms with Crippen molar-refractivity contribution >= 4 is 48.9 Å². The molecule has 0 saturated carbocycles. The van der Waals surface area contributed by atoms with Crippen LogP contribution >= 0.6 is 31.9 Å². The fraction of sp³-hybridized carbons (Fsp3) is 0.0323. The number of ether oxygens (including phenoxy) is 1. The Kier molecular flexibility index (Phi) is 7.03. The van der Waals surface area contributed by atoms with E-state index in [0.717, 1.165) is 31.8 Å². The van der Waals surface area contributed by atoms with Crippen molar-refractivity contribution in [3.05, 3.63) is 130 Å². The van der Waals surface area contributed by atoms with Crippen molar-refractivity contribution in [2.24, 2.45) is 0 Å². The van der Waals surface area contributed by atoms with Crippen LogP contribution in [-0.2, 0) is 0 Å². The first-order valence-electron chi connectivity index (χ1n) is 11.3. The van der Waals surface area contributed by atoms with Crippen LogP contribution in [0.4, 0.5) is 17.1 Å². The van der Waals surface area contributed by atoms with E-state index in [4.69, 9.17) is 4.74 Å². The summed E-state index contributed by atoms with van der Waals surface area (Å²) in [7, 11) is 1.69. The van der Waals surface area contributed by atoms with Crippen molar-refractivity contribution in [3.8, 4) is 28.0 Å². The van der Waals surface area contributed by atoms with Gasteiger partial charge < -0.3 is 9.64 Å². The first kappa shape index (κ1) is 23.4. The number of nitrogens with zero attached hydrogens (tertiary/aromatic N) is 1. The van der Waals surface area contributed by atoms with Gasteiger partial charge in [-0.25, -0.2) is 0 Å². The molecule has 4 heteroatoms. The third-order valence-electron chi connectivity index (χ3n) is 5.94. The molecule has 2 nitrogen and oxygen atoms in total. The van der Waals surface area contributed by atoms with Crippen LogP contribution < -0.4 is 9.64 Å². The van der Waals surface area contributed by atoms with E-state index in [9.17, 15) is 0 Å². The standard InChI is InChI=1S/C31H23Br2NO/c1-35-31-20-18-30(19-21-31)34(28-14-6-24(7-15-28)22-2-10-26(32)11-3-22)29-16-8-25(9-17-29)23-4-12-27(33)13-5-23/h2-21H,1H3. The molecule has 172 valence electrons. The minimum atomic E-state index is 0.838. The first-order chi connectivity index (χ1) is 17.1. The van der Waals surface area contributed by atoms with Crippen LogP contribution in [0.1, 0.15) is 0 Å². The van der Waals surface area contributed by atoms with Gasteiger partial charge in [0.15, 0.2) is 0 Å². The Morgan fingerprint density at radius 2 is 0.714 bits per heavy atom. The zero-order valence-electron chi connectivity index (χ0n) is 19.2. The van der Waals surface area contributed by atoms with Gasteiger partial charge in [-0.3, -0.25) is 0 Å². The Morgan fingerprint density at radius 1 is 0.429 bits per heavy atom. The van der Waals surface area contributed by atoms with Gasteiger partial charge in [-0.1, -0.05) is 80.4 Å². The summed E-state index contributed by atoms with van der Waals surface area (Å²) in [6.07, 6.45) is 0. The molecule has 0 aliphatic rings. The molecule has 0 atom stereocenters. The van der Waals surface area contributed by atoms with E-state index in [-0.39, 0.29) is 0 Å². The molecule has 0 N–H and O–H groups in total. The van der Waals surface area contributed by atoms with E-state index < -0.39 is 0 Å². The second-order valence-corrected chi connectivity index (χ2v) is 9.97. The highest BCUT2D eigenvalue weighted by Crippen LogP contribution is 2.37. The molecule has 0 aliphatic carbocycles. The van der Waals surface area contributed by atoms with E-state index in [0.29, 0.717) is 0 Å². The van der Waals surface area contributed by atoms with Crippen LogP contribution in [0, 0.1) is 0 Å². The Morgan fingerprint density at radius 3 is 1.03 bits per heavy atom. The largest absolute Gasteiger partial charge is 0.497 e. The Bertz CT molecular complexity index is 1310. The SMILES string of the molecule is COc1ccc(N(c2ccc(-c3ccc(Br)cc3)cc2)c2ccc(-c3ccc(Br)cc3)cc2)cc1. The molecule has 35 heavy (non-hydrogen) atoms. The van der Waals surface area contributed by atoms with Crippen molar-refractivity contribution in [2.75, 3.05) is 12.0 Å². The lowest BCUT2D eigenvalue weighted by molar-refractivity contribution is 0.415. The lowest BCUT2D eigenvalue weighted by Gasteiger charge is -2.26. The molecule has 0 spiro atoms. The minimum Gasteiger partial charge on any atom is -0.497 e. The van der Waals surface area contributed by atoms with Gasteiger partial charge in [-0.2, -0.15) is 0 Å². The number of benzene rings is 5. The van der Waals surface area contributed by atoms with Gasteiger partial charge >= 0.3 is 0 Å². The molecular weight excluding hydrogens is 562 g/mol. The summed E-state index contributed by atoms with van der Waals surface area (Å²) in [5, 5.41) is 0. The highest BCUT2D eigenvalue weighted by atomic mass is 79.9. The van der Waals surface area contributed by atoms with Gasteiger partial charge in [0.05, 0.1) is 7.11 Å². The Hall–Kier alpha value is -3.34. The van der Waals surface area contributed by atoms with Gasteiger partial charge in [-0.15, -0.1) is 0 Å². The lowest BCUT2D eigenvalue weighted by atomic mass is 10.0. The fourth-order valence-corrected chi connectivity index (χ4v) is 4.60. The average Bonchev–Trinajstić information content (AvgIpc) is 2.91. The van der Waals surface area contributed by atoms with E-state index in [1.807, 2.05) is 12.1 Å². The van der Waals surface area contributed by atoms with Crippen molar-refractivity contribution < 1.29 is 4.74 Å². The third-order valence-corrected chi connectivity index (χ3v) is 6.99. The lowest BCUT2D eigenvalue weighted by Crippen LogP contribution is -2.09. The second kappa shape index (κ2) is 10.5. The third kappa shape index (κ3) is 5.34. The van der Waals surface area contributed by atoms with Crippen molar-refractivity contribution in [2.45, 2.75) is 0 Å². The van der Waals surface area contributed by atoms with Gasteiger partial charge in [0, 0.05) is 26.0 Å². The molecule has 0 aromatic heterocycles. The summed E-state index contributed by atoms with van der Waals surface area (Å²) in [6.45, 7) is 0. The van der Waals surface area contributed by atoms with Crippen LogP contribution in [-0.4, -0.2) is 7.11 Å². The predicted octanol–water partition coefficient (Wildman–Crippen LogP) is 10.0. The van der Waals surface area contributed by atoms with E-state index in [2.05, 4.69) is 146 Å². The van der Waals surface area contributed by atoms with E-state index >= 15 is 0 Å². The Labute approximate surface area is 223 Å². The molecular formula is C31H23Br2NO. The summed E-state index contributed by atoms with van der Waals surface area (Å²) in [5.41, 5.74) is 7.99. The zero-order valence-corrected chi connectivity index (χ0v) is 22.3. The molecule has 0 fully saturated rings. The van der Waals surface area contributed by atoms with Crippen molar-refractivity contribution in [3.63, 3.8) is 0 Å². The maximum absolute atomic E-state index is 5.38. The van der Waals surface area contributed by atoms with Crippen LogP contribution in [0.2, 0.25) is 0 Å². The monoisotopic (exact) mass is 583 g/mol. The molecule has 5 aromatic carbocycles. The number of anilines is 3.